The summed E-state index contributed by atoms with van der Waals surface area (Å²) < 4.78 is 4.79. The monoisotopic (exact) mass is 227 g/mol. The molecule has 0 fully saturated rings. The molecule has 0 bridgehead atoms. The average Bonchev–Trinajstić information content (AvgIpc) is 2.28. The van der Waals surface area contributed by atoms with Crippen LogP contribution in [0.2, 0.25) is 0 Å². The van der Waals surface area contributed by atoms with Crippen LogP contribution in [0, 0.1) is 10.1 Å². The van der Waals surface area contributed by atoms with Crippen molar-refractivity contribution in [2.75, 3.05) is 7.11 Å². The highest BCUT2D eigenvalue weighted by Crippen LogP contribution is 2.27. The zero-order valence-corrected chi connectivity index (χ0v) is 9.08. The molecule has 1 N–H and O–H groups in total. The molecule has 0 saturated heterocycles. The van der Waals surface area contributed by atoms with Gasteiger partial charge in [-0.2, -0.15) is 4.98 Å². The third-order valence-electron chi connectivity index (χ3n) is 2.14. The quantitative estimate of drug-likeness (QED) is 0.587. The second kappa shape index (κ2) is 5.36. The van der Waals surface area contributed by atoms with Crippen LogP contribution in [0.25, 0.3) is 0 Å². The molecule has 7 heteroatoms. The Kier molecular flexibility index (Phi) is 4.12. The van der Waals surface area contributed by atoms with Gasteiger partial charge in [0, 0.05) is 6.42 Å². The molecule has 1 unspecified atom stereocenters. The number of aromatic nitrogens is 2. The first-order valence-electron chi connectivity index (χ1n) is 4.80. The maximum absolute atomic E-state index is 10.8. The maximum Gasteiger partial charge on any atom is 0.352 e. The van der Waals surface area contributed by atoms with Gasteiger partial charge in [-0.15, -0.1) is 0 Å². The lowest BCUT2D eigenvalue weighted by atomic mass is 10.1. The van der Waals surface area contributed by atoms with Crippen molar-refractivity contribution in [1.29, 1.82) is 0 Å². The zero-order valence-electron chi connectivity index (χ0n) is 9.08. The number of aliphatic hydroxyl groups excluding tert-OH is 1. The Morgan fingerprint density at radius 2 is 2.31 bits per heavy atom. The van der Waals surface area contributed by atoms with Crippen LogP contribution in [0.1, 0.15) is 19.0 Å². The molecule has 1 rings (SSSR count). The van der Waals surface area contributed by atoms with Crippen molar-refractivity contribution >= 4 is 5.69 Å². The summed E-state index contributed by atoms with van der Waals surface area (Å²) in [7, 11) is 1.30. The fraction of sp³-hybridized carbons (Fsp3) is 0.556. The van der Waals surface area contributed by atoms with E-state index in [1.165, 1.54) is 13.4 Å². The van der Waals surface area contributed by atoms with Gasteiger partial charge in [-0.05, 0) is 6.42 Å². The van der Waals surface area contributed by atoms with Crippen molar-refractivity contribution in [3.8, 4) is 5.88 Å². The van der Waals surface area contributed by atoms with Crippen LogP contribution in [-0.4, -0.2) is 33.2 Å². The van der Waals surface area contributed by atoms with E-state index in [1.54, 1.807) is 6.92 Å². The second-order valence-electron chi connectivity index (χ2n) is 3.20. The van der Waals surface area contributed by atoms with E-state index in [1.807, 2.05) is 0 Å². The van der Waals surface area contributed by atoms with E-state index in [-0.39, 0.29) is 23.7 Å². The summed E-state index contributed by atoms with van der Waals surface area (Å²) in [5.74, 6) is -0.0849. The summed E-state index contributed by atoms with van der Waals surface area (Å²) in [5, 5.41) is 20.3. The number of nitro groups is 1. The Morgan fingerprint density at radius 1 is 1.62 bits per heavy atom. The van der Waals surface area contributed by atoms with E-state index in [4.69, 9.17) is 4.74 Å². The third kappa shape index (κ3) is 2.63. The molecule has 1 aromatic heterocycles. The highest BCUT2D eigenvalue weighted by atomic mass is 16.6. The van der Waals surface area contributed by atoms with Gasteiger partial charge in [-0.1, -0.05) is 6.92 Å². The molecule has 0 aliphatic carbocycles. The molecule has 0 spiro atoms. The van der Waals surface area contributed by atoms with Gasteiger partial charge in [0.2, 0.25) is 0 Å². The van der Waals surface area contributed by atoms with Gasteiger partial charge in [-0.25, -0.2) is 4.98 Å². The van der Waals surface area contributed by atoms with Crippen LogP contribution in [-0.2, 0) is 6.42 Å². The van der Waals surface area contributed by atoms with Crippen LogP contribution in [0.5, 0.6) is 5.88 Å². The van der Waals surface area contributed by atoms with Crippen molar-refractivity contribution in [3.63, 3.8) is 0 Å². The molecule has 1 atom stereocenters. The van der Waals surface area contributed by atoms with Gasteiger partial charge >= 0.3 is 5.69 Å². The molecule has 0 saturated carbocycles. The Balaban J connectivity index is 3.12. The smallest absolute Gasteiger partial charge is 0.352 e. The van der Waals surface area contributed by atoms with Crippen molar-refractivity contribution in [3.05, 3.63) is 22.1 Å². The Labute approximate surface area is 92.3 Å². The van der Waals surface area contributed by atoms with Crippen molar-refractivity contribution in [2.45, 2.75) is 25.9 Å². The highest BCUT2D eigenvalue weighted by molar-refractivity contribution is 5.44. The van der Waals surface area contributed by atoms with Crippen molar-refractivity contribution in [2.24, 2.45) is 0 Å². The standard InChI is InChI=1S/C9H13N3O4/c1-3-6(13)4-7-8(12(14)15)9(16-2)11-5-10-7/h5-6,13H,3-4H2,1-2H3. The van der Waals surface area contributed by atoms with Gasteiger partial charge in [0.05, 0.1) is 18.1 Å². The highest BCUT2D eigenvalue weighted by Gasteiger charge is 2.24. The Hall–Kier alpha value is -1.76. The summed E-state index contributed by atoms with van der Waals surface area (Å²) in [6, 6.07) is 0. The first-order chi connectivity index (χ1) is 7.60. The van der Waals surface area contributed by atoms with Crippen LogP contribution < -0.4 is 4.74 Å². The minimum absolute atomic E-state index is 0.0849. The van der Waals surface area contributed by atoms with Crippen LogP contribution in [0.4, 0.5) is 5.69 Å². The van der Waals surface area contributed by atoms with Gasteiger partial charge in [0.25, 0.3) is 5.88 Å². The van der Waals surface area contributed by atoms with E-state index in [9.17, 15) is 15.2 Å². The van der Waals surface area contributed by atoms with Gasteiger partial charge in [-0.3, -0.25) is 10.1 Å². The van der Waals surface area contributed by atoms with Crippen LogP contribution >= 0.6 is 0 Å². The minimum atomic E-state index is -0.654. The molecule has 88 valence electrons. The maximum atomic E-state index is 10.8. The minimum Gasteiger partial charge on any atom is -0.476 e. The van der Waals surface area contributed by atoms with Crippen molar-refractivity contribution in [1.82, 2.24) is 9.97 Å². The molecular formula is C9H13N3O4. The summed E-state index contributed by atoms with van der Waals surface area (Å²) in [6.45, 7) is 1.79. The van der Waals surface area contributed by atoms with E-state index >= 15 is 0 Å². The summed E-state index contributed by atoms with van der Waals surface area (Å²) >= 11 is 0. The lowest BCUT2D eigenvalue weighted by Gasteiger charge is -2.08. The topological polar surface area (TPSA) is 98.4 Å². The average molecular weight is 227 g/mol. The lowest BCUT2D eigenvalue weighted by Crippen LogP contribution is -2.12. The lowest BCUT2D eigenvalue weighted by molar-refractivity contribution is -0.387. The second-order valence-corrected chi connectivity index (χ2v) is 3.20. The largest absolute Gasteiger partial charge is 0.476 e. The summed E-state index contributed by atoms with van der Waals surface area (Å²) in [6.07, 6.45) is 1.15. The Bertz CT molecular complexity index is 383. The predicted octanol–water partition coefficient (Wildman–Crippen LogP) is 0.707. The Morgan fingerprint density at radius 3 is 2.81 bits per heavy atom. The first-order valence-corrected chi connectivity index (χ1v) is 4.80. The van der Waals surface area contributed by atoms with E-state index < -0.39 is 11.0 Å². The fourth-order valence-corrected chi connectivity index (χ4v) is 1.25. The van der Waals surface area contributed by atoms with E-state index in [2.05, 4.69) is 9.97 Å². The molecule has 1 heterocycles. The molecule has 1 aromatic rings. The SMILES string of the molecule is CCC(O)Cc1ncnc(OC)c1[N+](=O)[O-]. The van der Waals surface area contributed by atoms with Gasteiger partial charge in [0.1, 0.15) is 12.0 Å². The molecule has 16 heavy (non-hydrogen) atoms. The summed E-state index contributed by atoms with van der Waals surface area (Å²) in [5.41, 5.74) is -0.0938. The summed E-state index contributed by atoms with van der Waals surface area (Å²) in [4.78, 5) is 17.7. The number of nitrogens with zero attached hydrogens (tertiary/aromatic N) is 3. The molecule has 7 nitrogen and oxygen atoms in total. The predicted molar refractivity (Wildman–Crippen MR) is 55.2 cm³/mol. The van der Waals surface area contributed by atoms with Crippen molar-refractivity contribution < 1.29 is 14.8 Å². The molecular weight excluding hydrogens is 214 g/mol. The molecule has 0 aromatic carbocycles. The zero-order chi connectivity index (χ0) is 12.1. The fourth-order valence-electron chi connectivity index (χ4n) is 1.25. The number of hydrogen-bond acceptors (Lipinski definition) is 6. The number of aliphatic hydroxyl groups is 1. The normalized spacial score (nSPS) is 12.2. The first kappa shape index (κ1) is 12.3. The van der Waals surface area contributed by atoms with Gasteiger partial charge in [0.15, 0.2) is 0 Å². The van der Waals surface area contributed by atoms with Crippen LogP contribution in [0.15, 0.2) is 6.33 Å². The number of ether oxygens (including phenoxy) is 1. The molecule has 0 aliphatic heterocycles. The molecule has 0 aliphatic rings. The molecule has 0 amide bonds. The van der Waals surface area contributed by atoms with E-state index in [0.29, 0.717) is 6.42 Å². The number of methoxy groups -OCH3 is 1. The number of hydrogen-bond donors (Lipinski definition) is 1. The third-order valence-corrected chi connectivity index (χ3v) is 2.14. The number of rotatable bonds is 5. The van der Waals surface area contributed by atoms with Gasteiger partial charge < -0.3 is 9.84 Å². The van der Waals surface area contributed by atoms with E-state index in [0.717, 1.165) is 0 Å². The van der Waals surface area contributed by atoms with Crippen LogP contribution in [0.3, 0.4) is 0 Å². The molecule has 0 radical (unpaired) electrons.